The Hall–Kier alpha value is -3.00. The van der Waals surface area contributed by atoms with Gasteiger partial charge in [0.05, 0.1) is 9.79 Å². The van der Waals surface area contributed by atoms with Gasteiger partial charge in [-0.15, -0.1) is 0 Å². The highest BCUT2D eigenvalue weighted by molar-refractivity contribution is 9.10. The first-order valence-electron chi connectivity index (χ1n) is 10.6. The molecule has 0 aliphatic carbocycles. The van der Waals surface area contributed by atoms with Crippen LogP contribution in [0.4, 0.5) is 0 Å². The van der Waals surface area contributed by atoms with E-state index in [4.69, 9.17) is 0 Å². The van der Waals surface area contributed by atoms with E-state index >= 15 is 0 Å². The van der Waals surface area contributed by atoms with E-state index in [1.807, 2.05) is 0 Å². The number of hydrogen-bond donors (Lipinski definition) is 2. The Balaban J connectivity index is 1.90. The van der Waals surface area contributed by atoms with Crippen molar-refractivity contribution in [3.8, 4) is 11.1 Å². The molecule has 0 aliphatic rings. The molecule has 0 radical (unpaired) electrons. The second-order valence-corrected chi connectivity index (χ2v) is 12.7. The number of ketones is 2. The Morgan fingerprint density at radius 2 is 0.921 bits per heavy atom. The Bertz CT molecular complexity index is 1700. The summed E-state index contributed by atoms with van der Waals surface area (Å²) in [7, 11) is -9.10. The lowest BCUT2D eigenvalue weighted by atomic mass is 9.89. The first-order valence-corrected chi connectivity index (χ1v) is 15.1. The fourth-order valence-electron chi connectivity index (χ4n) is 3.78. The molecule has 8 nitrogen and oxygen atoms in total. The highest BCUT2D eigenvalue weighted by Gasteiger charge is 2.23. The molecule has 0 aromatic heterocycles. The number of halogens is 2. The van der Waals surface area contributed by atoms with Crippen LogP contribution in [0.5, 0.6) is 0 Å². The summed E-state index contributed by atoms with van der Waals surface area (Å²) in [5.74, 6) is -1.14. The van der Waals surface area contributed by atoms with Gasteiger partial charge in [0, 0.05) is 31.2 Å². The summed E-state index contributed by atoms with van der Waals surface area (Å²) in [6, 6.07) is 19.4. The molecule has 0 heterocycles. The van der Waals surface area contributed by atoms with Crippen molar-refractivity contribution in [2.45, 2.75) is 9.79 Å². The monoisotopic (exact) mass is 678 g/mol. The van der Waals surface area contributed by atoms with E-state index < -0.39 is 41.6 Å². The van der Waals surface area contributed by atoms with Crippen molar-refractivity contribution in [3.05, 3.63) is 116 Å². The summed E-state index contributed by atoms with van der Waals surface area (Å²) in [6.07, 6.45) is 0. The second-order valence-electron chi connectivity index (χ2n) is 8.04. The third kappa shape index (κ3) is 6.01. The van der Waals surface area contributed by atoms with Gasteiger partial charge in [-0.25, -0.2) is 0 Å². The topological polar surface area (TPSA) is 143 Å². The van der Waals surface area contributed by atoms with Gasteiger partial charge in [0.1, 0.15) is 0 Å². The molecule has 0 aliphatic heterocycles. The van der Waals surface area contributed by atoms with Crippen LogP contribution >= 0.6 is 31.9 Å². The lowest BCUT2D eigenvalue weighted by Crippen LogP contribution is -2.09. The molecule has 0 spiro atoms. The van der Waals surface area contributed by atoms with Crippen molar-refractivity contribution in [2.24, 2.45) is 0 Å². The number of hydrogen-bond acceptors (Lipinski definition) is 6. The van der Waals surface area contributed by atoms with Crippen LogP contribution in [-0.2, 0) is 20.2 Å². The fourth-order valence-corrected chi connectivity index (χ4v) is 5.56. The lowest BCUT2D eigenvalue weighted by Gasteiger charge is -2.15. The molecule has 38 heavy (non-hydrogen) atoms. The van der Waals surface area contributed by atoms with Crippen molar-refractivity contribution in [3.63, 3.8) is 0 Å². The molecule has 194 valence electrons. The Morgan fingerprint density at radius 3 is 1.26 bits per heavy atom. The van der Waals surface area contributed by atoms with E-state index in [1.165, 1.54) is 36.4 Å². The molecule has 0 unspecified atom stereocenters. The molecule has 4 aromatic rings. The molecular formula is C26H16Br2O8S2. The van der Waals surface area contributed by atoms with Crippen LogP contribution in [-0.4, -0.2) is 37.5 Å². The number of rotatable bonds is 7. The molecule has 0 amide bonds. The van der Waals surface area contributed by atoms with Crippen molar-refractivity contribution in [2.75, 3.05) is 0 Å². The number of carbonyl (C=O) groups excluding carboxylic acids is 2. The SMILES string of the molecule is O=C(c1cccc(S(=O)(=O)O)c1)c1cc(Br)ccc1-c1ccc(Br)cc1C(=O)c1cccc(S(=O)(=O)O)c1. The largest absolute Gasteiger partial charge is 0.294 e. The third-order valence-electron chi connectivity index (χ3n) is 5.53. The van der Waals surface area contributed by atoms with Gasteiger partial charge in [0.15, 0.2) is 11.6 Å². The highest BCUT2D eigenvalue weighted by Crippen LogP contribution is 2.34. The van der Waals surface area contributed by atoms with Gasteiger partial charge in [0.25, 0.3) is 20.2 Å². The summed E-state index contributed by atoms with van der Waals surface area (Å²) in [5.41, 5.74) is 0.940. The van der Waals surface area contributed by atoms with Crippen LogP contribution < -0.4 is 0 Å². The standard InChI is InChI=1S/C26H16Br2O8S2/c27-17-7-9-21(23(13-17)25(29)15-3-1-5-19(11-15)37(31,32)33)22-10-8-18(28)14-24(22)26(30)16-4-2-6-20(12-16)38(34,35)36/h1-14H,(H,31,32,33)(H,34,35,36). The van der Waals surface area contributed by atoms with Gasteiger partial charge in [-0.05, 0) is 59.7 Å². The van der Waals surface area contributed by atoms with E-state index in [-0.39, 0.29) is 22.3 Å². The number of carbonyl (C=O) groups is 2. The van der Waals surface area contributed by atoms with Crippen molar-refractivity contribution >= 4 is 63.7 Å². The molecule has 0 saturated heterocycles. The molecule has 12 heteroatoms. The molecule has 4 aromatic carbocycles. The van der Waals surface area contributed by atoms with Gasteiger partial charge < -0.3 is 0 Å². The average Bonchev–Trinajstić information content (AvgIpc) is 2.87. The van der Waals surface area contributed by atoms with Crippen LogP contribution in [0.3, 0.4) is 0 Å². The zero-order valence-electron chi connectivity index (χ0n) is 19.0. The van der Waals surface area contributed by atoms with E-state index in [0.717, 1.165) is 24.3 Å². The predicted octanol–water partition coefficient (Wildman–Crippen LogP) is 5.83. The van der Waals surface area contributed by atoms with Gasteiger partial charge in [-0.3, -0.25) is 18.7 Å². The zero-order chi connectivity index (χ0) is 27.8. The number of benzene rings is 4. The first kappa shape index (κ1) is 28.0. The van der Waals surface area contributed by atoms with Crippen LogP contribution in [0.1, 0.15) is 31.8 Å². The molecule has 4 rings (SSSR count). The highest BCUT2D eigenvalue weighted by atomic mass is 79.9. The minimum absolute atomic E-state index is 0.00897. The summed E-state index contributed by atoms with van der Waals surface area (Å²) in [6.45, 7) is 0. The molecule has 0 bridgehead atoms. The van der Waals surface area contributed by atoms with E-state index in [9.17, 15) is 35.5 Å². The van der Waals surface area contributed by atoms with Crippen LogP contribution in [0.15, 0.2) is 104 Å². The third-order valence-corrected chi connectivity index (χ3v) is 8.22. The average molecular weight is 680 g/mol. The summed E-state index contributed by atoms with van der Waals surface area (Å²) < 4.78 is 66.3. The fraction of sp³-hybridized carbons (Fsp3) is 0. The second kappa shape index (κ2) is 10.6. The summed E-state index contributed by atoms with van der Waals surface area (Å²) in [5, 5.41) is 0. The molecular weight excluding hydrogens is 664 g/mol. The van der Waals surface area contributed by atoms with Gasteiger partial charge in [-0.2, -0.15) is 16.8 Å². The summed E-state index contributed by atoms with van der Waals surface area (Å²) in [4.78, 5) is 26.2. The Morgan fingerprint density at radius 1 is 0.553 bits per heavy atom. The van der Waals surface area contributed by atoms with E-state index in [2.05, 4.69) is 31.9 Å². The van der Waals surface area contributed by atoms with Gasteiger partial charge in [-0.1, -0.05) is 68.3 Å². The minimum Gasteiger partial charge on any atom is -0.289 e. The Kier molecular flexibility index (Phi) is 7.84. The maximum Gasteiger partial charge on any atom is 0.294 e. The van der Waals surface area contributed by atoms with Crippen molar-refractivity contribution in [1.82, 2.24) is 0 Å². The van der Waals surface area contributed by atoms with Crippen molar-refractivity contribution < 1.29 is 35.5 Å². The molecule has 0 fully saturated rings. The first-order chi connectivity index (χ1) is 17.8. The minimum atomic E-state index is -4.55. The smallest absolute Gasteiger partial charge is 0.289 e. The van der Waals surface area contributed by atoms with Crippen LogP contribution in [0.2, 0.25) is 0 Å². The van der Waals surface area contributed by atoms with Crippen LogP contribution in [0, 0.1) is 0 Å². The van der Waals surface area contributed by atoms with Gasteiger partial charge in [0.2, 0.25) is 0 Å². The van der Waals surface area contributed by atoms with Gasteiger partial charge >= 0.3 is 0 Å². The zero-order valence-corrected chi connectivity index (χ0v) is 23.8. The maximum absolute atomic E-state index is 13.6. The maximum atomic E-state index is 13.6. The van der Waals surface area contributed by atoms with E-state index in [1.54, 1.807) is 24.3 Å². The normalized spacial score (nSPS) is 11.8. The molecule has 0 saturated carbocycles. The quantitative estimate of drug-likeness (QED) is 0.183. The van der Waals surface area contributed by atoms with Crippen LogP contribution in [0.25, 0.3) is 11.1 Å². The van der Waals surface area contributed by atoms with E-state index in [0.29, 0.717) is 20.1 Å². The molecule has 0 atom stereocenters. The summed E-state index contributed by atoms with van der Waals surface area (Å²) >= 11 is 6.67. The Labute approximate surface area is 235 Å². The molecule has 2 N–H and O–H groups in total. The predicted molar refractivity (Wildman–Crippen MR) is 147 cm³/mol. The lowest BCUT2D eigenvalue weighted by molar-refractivity contribution is 0.102. The van der Waals surface area contributed by atoms with Crippen molar-refractivity contribution in [1.29, 1.82) is 0 Å².